The van der Waals surface area contributed by atoms with Crippen molar-refractivity contribution in [2.24, 2.45) is 5.92 Å². The van der Waals surface area contributed by atoms with Crippen molar-refractivity contribution in [3.05, 3.63) is 0 Å². The summed E-state index contributed by atoms with van der Waals surface area (Å²) in [6.07, 6.45) is 3.40. The highest BCUT2D eigenvalue weighted by molar-refractivity contribution is 5.88. The van der Waals surface area contributed by atoms with Crippen LogP contribution in [0.3, 0.4) is 0 Å². The van der Waals surface area contributed by atoms with Crippen LogP contribution in [0.15, 0.2) is 0 Å². The van der Waals surface area contributed by atoms with E-state index in [2.05, 4.69) is 4.74 Å². The molecule has 2 fully saturated rings. The Balaban J connectivity index is 2.13. The van der Waals surface area contributed by atoms with Gasteiger partial charge in [-0.1, -0.05) is 0 Å². The van der Waals surface area contributed by atoms with E-state index < -0.39 is 17.5 Å². The average Bonchev–Trinajstić information content (AvgIpc) is 2.29. The molecule has 2 aliphatic heterocycles. The first-order chi connectivity index (χ1) is 8.16. The van der Waals surface area contributed by atoms with E-state index in [1.807, 2.05) is 0 Å². The molecule has 1 atom stereocenters. The topological polar surface area (TPSA) is 61.8 Å². The molecule has 0 N–H and O–H groups in total. The lowest BCUT2D eigenvalue weighted by Crippen LogP contribution is -2.50. The summed E-state index contributed by atoms with van der Waals surface area (Å²) in [6.45, 7) is 1.10. The van der Waals surface area contributed by atoms with E-state index in [0.717, 1.165) is 19.3 Å². The minimum Gasteiger partial charge on any atom is -0.393 e. The third kappa shape index (κ3) is 2.66. The van der Waals surface area contributed by atoms with Crippen LogP contribution in [0.2, 0.25) is 0 Å². The maximum atomic E-state index is 11.3. The number of carbonyl (C=O) groups is 2. The number of methoxy groups -OCH3 is 1. The molecule has 2 aliphatic rings. The summed E-state index contributed by atoms with van der Waals surface area (Å²) >= 11 is 0. The molecular weight excluding hydrogens is 224 g/mol. The zero-order valence-electron chi connectivity index (χ0n) is 10.1. The van der Waals surface area contributed by atoms with Crippen LogP contribution in [0, 0.1) is 5.92 Å². The van der Waals surface area contributed by atoms with Crippen LogP contribution in [0.4, 0.5) is 0 Å². The molecule has 0 spiro atoms. The molecule has 5 heteroatoms. The molecule has 1 unspecified atom stereocenters. The number of cyclic esters (lactones) is 2. The zero-order valence-corrected chi connectivity index (χ0v) is 10.1. The SMILES string of the molecule is COCC1(C2CC(=O)OC(=O)C2)CCCCO1. The van der Waals surface area contributed by atoms with Gasteiger partial charge in [0.25, 0.3) is 0 Å². The van der Waals surface area contributed by atoms with Crippen molar-refractivity contribution in [1.29, 1.82) is 0 Å². The van der Waals surface area contributed by atoms with Gasteiger partial charge in [-0.05, 0) is 19.3 Å². The summed E-state index contributed by atoms with van der Waals surface area (Å²) in [5.41, 5.74) is -0.484. The third-order valence-corrected chi connectivity index (χ3v) is 3.57. The van der Waals surface area contributed by atoms with E-state index in [-0.39, 0.29) is 18.8 Å². The fourth-order valence-electron chi connectivity index (χ4n) is 2.73. The fourth-order valence-corrected chi connectivity index (χ4v) is 2.73. The standard InChI is InChI=1S/C12H18O5/c1-15-8-12(4-2-3-5-16-12)9-6-10(13)17-11(14)7-9/h9H,2-8H2,1H3. The summed E-state index contributed by atoms with van der Waals surface area (Å²) in [5.74, 6) is -1.01. The first kappa shape index (κ1) is 12.5. The first-order valence-corrected chi connectivity index (χ1v) is 6.03. The molecule has 0 aromatic heterocycles. The fraction of sp³-hybridized carbons (Fsp3) is 0.833. The van der Waals surface area contributed by atoms with Gasteiger partial charge in [0, 0.05) is 19.6 Å². The van der Waals surface area contributed by atoms with Gasteiger partial charge in [-0.15, -0.1) is 0 Å². The van der Waals surface area contributed by atoms with E-state index in [1.54, 1.807) is 7.11 Å². The number of ether oxygens (including phenoxy) is 3. The highest BCUT2D eigenvalue weighted by Crippen LogP contribution is 2.38. The molecular formula is C12H18O5. The number of esters is 2. The van der Waals surface area contributed by atoms with Crippen LogP contribution in [0.25, 0.3) is 0 Å². The highest BCUT2D eigenvalue weighted by Gasteiger charge is 2.46. The Morgan fingerprint density at radius 3 is 2.53 bits per heavy atom. The maximum Gasteiger partial charge on any atom is 0.313 e. The van der Waals surface area contributed by atoms with Crippen LogP contribution < -0.4 is 0 Å². The number of hydrogen-bond acceptors (Lipinski definition) is 5. The molecule has 2 saturated heterocycles. The van der Waals surface area contributed by atoms with Crippen molar-refractivity contribution in [1.82, 2.24) is 0 Å². The van der Waals surface area contributed by atoms with Crippen molar-refractivity contribution in [2.45, 2.75) is 37.7 Å². The van der Waals surface area contributed by atoms with E-state index in [4.69, 9.17) is 9.47 Å². The zero-order chi connectivity index (χ0) is 12.3. The van der Waals surface area contributed by atoms with Crippen LogP contribution >= 0.6 is 0 Å². The molecule has 2 heterocycles. The summed E-state index contributed by atoms with van der Waals surface area (Å²) in [5, 5.41) is 0. The highest BCUT2D eigenvalue weighted by atomic mass is 16.6. The van der Waals surface area contributed by atoms with Gasteiger partial charge < -0.3 is 14.2 Å². The van der Waals surface area contributed by atoms with Gasteiger partial charge >= 0.3 is 11.9 Å². The minimum atomic E-state index is -0.484. The maximum absolute atomic E-state index is 11.3. The van der Waals surface area contributed by atoms with Crippen LogP contribution in [0.5, 0.6) is 0 Å². The van der Waals surface area contributed by atoms with Gasteiger partial charge in [0.2, 0.25) is 0 Å². The Hall–Kier alpha value is -0.940. The van der Waals surface area contributed by atoms with Gasteiger partial charge in [0.05, 0.1) is 25.0 Å². The molecule has 17 heavy (non-hydrogen) atoms. The second kappa shape index (κ2) is 5.14. The van der Waals surface area contributed by atoms with E-state index in [1.165, 1.54) is 0 Å². The lowest BCUT2D eigenvalue weighted by atomic mass is 9.77. The van der Waals surface area contributed by atoms with E-state index >= 15 is 0 Å². The number of carbonyl (C=O) groups excluding carboxylic acids is 2. The second-order valence-electron chi connectivity index (χ2n) is 4.75. The van der Waals surface area contributed by atoms with Crippen molar-refractivity contribution in [3.63, 3.8) is 0 Å². The Bertz CT molecular complexity index is 285. The monoisotopic (exact) mass is 242 g/mol. The quantitative estimate of drug-likeness (QED) is 0.547. The van der Waals surface area contributed by atoms with Crippen LogP contribution in [-0.4, -0.2) is 37.9 Å². The summed E-state index contributed by atoms with van der Waals surface area (Å²) in [7, 11) is 1.61. The van der Waals surface area contributed by atoms with E-state index in [0.29, 0.717) is 13.2 Å². The third-order valence-electron chi connectivity index (χ3n) is 3.57. The van der Waals surface area contributed by atoms with Crippen LogP contribution in [-0.2, 0) is 23.8 Å². The largest absolute Gasteiger partial charge is 0.393 e. The van der Waals surface area contributed by atoms with Crippen LogP contribution in [0.1, 0.15) is 32.1 Å². The Kier molecular flexibility index (Phi) is 3.79. The Morgan fingerprint density at radius 1 is 1.29 bits per heavy atom. The normalized spacial score (nSPS) is 31.4. The minimum absolute atomic E-state index is 0.114. The van der Waals surface area contributed by atoms with Gasteiger partial charge in [0.1, 0.15) is 0 Å². The smallest absolute Gasteiger partial charge is 0.313 e. The summed E-state index contributed by atoms with van der Waals surface area (Å²) < 4.78 is 15.6. The average molecular weight is 242 g/mol. The van der Waals surface area contributed by atoms with Gasteiger partial charge in [-0.25, -0.2) is 0 Å². The lowest BCUT2D eigenvalue weighted by molar-refractivity contribution is -0.185. The molecule has 0 aliphatic carbocycles. The summed E-state index contributed by atoms with van der Waals surface area (Å²) in [6, 6.07) is 0. The second-order valence-corrected chi connectivity index (χ2v) is 4.75. The van der Waals surface area contributed by atoms with Crippen molar-refractivity contribution >= 4 is 11.9 Å². The van der Waals surface area contributed by atoms with Crippen molar-refractivity contribution in [2.75, 3.05) is 20.3 Å². The molecule has 5 nitrogen and oxygen atoms in total. The molecule has 96 valence electrons. The predicted molar refractivity (Wildman–Crippen MR) is 58.2 cm³/mol. The summed E-state index contributed by atoms with van der Waals surface area (Å²) in [4.78, 5) is 22.7. The molecule has 0 aromatic carbocycles. The van der Waals surface area contributed by atoms with E-state index in [9.17, 15) is 9.59 Å². The molecule has 0 amide bonds. The molecule has 0 bridgehead atoms. The number of hydrogen-bond donors (Lipinski definition) is 0. The lowest BCUT2D eigenvalue weighted by Gasteiger charge is -2.43. The molecule has 0 radical (unpaired) electrons. The van der Waals surface area contributed by atoms with Crippen molar-refractivity contribution in [3.8, 4) is 0 Å². The molecule has 2 rings (SSSR count). The Labute approximate surface area is 100 Å². The number of rotatable bonds is 3. The first-order valence-electron chi connectivity index (χ1n) is 6.03. The van der Waals surface area contributed by atoms with Gasteiger partial charge in [0.15, 0.2) is 0 Å². The molecule has 0 saturated carbocycles. The van der Waals surface area contributed by atoms with Crippen molar-refractivity contribution < 1.29 is 23.8 Å². The van der Waals surface area contributed by atoms with Gasteiger partial charge in [-0.3, -0.25) is 9.59 Å². The van der Waals surface area contributed by atoms with Gasteiger partial charge in [-0.2, -0.15) is 0 Å². The predicted octanol–water partition coefficient (Wildman–Crippen LogP) is 1.05. The molecule has 0 aromatic rings. The Morgan fingerprint density at radius 2 is 2.00 bits per heavy atom.